The molecular weight excluding hydrogens is 380 g/mol. The molecule has 0 unspecified atom stereocenters. The molecule has 0 aliphatic carbocycles. The van der Waals surface area contributed by atoms with Crippen molar-refractivity contribution in [2.24, 2.45) is 0 Å². The highest BCUT2D eigenvalue weighted by atomic mass is 16.6. The molecule has 0 amide bonds. The Bertz CT molecular complexity index is 1290. The zero-order chi connectivity index (χ0) is 21.2. The normalized spacial score (nSPS) is 19.4. The first-order valence-electron chi connectivity index (χ1n) is 10.5. The van der Waals surface area contributed by atoms with Gasteiger partial charge < -0.3 is 14.4 Å². The van der Waals surface area contributed by atoms with Gasteiger partial charge in [-0.15, -0.1) is 0 Å². The van der Waals surface area contributed by atoms with Crippen LogP contribution in [0.3, 0.4) is 0 Å². The number of benzene rings is 1. The second kappa shape index (κ2) is 6.51. The van der Waals surface area contributed by atoms with E-state index in [0.29, 0.717) is 23.4 Å². The third kappa shape index (κ3) is 2.43. The number of pyridine rings is 2. The molecule has 30 heavy (non-hydrogen) atoms. The number of hydrogen-bond donors (Lipinski definition) is 1. The molecule has 154 valence electrons. The summed E-state index contributed by atoms with van der Waals surface area (Å²) in [7, 11) is 0. The Morgan fingerprint density at radius 2 is 2.00 bits per heavy atom. The van der Waals surface area contributed by atoms with Gasteiger partial charge in [0.05, 0.1) is 29.0 Å². The number of esters is 1. The number of hydrogen-bond acceptors (Lipinski definition) is 5. The number of carbonyl (C=O) groups excluding carboxylic acids is 1. The molecule has 0 saturated heterocycles. The van der Waals surface area contributed by atoms with Crippen LogP contribution in [0.15, 0.2) is 29.1 Å². The van der Waals surface area contributed by atoms with Gasteiger partial charge in [0, 0.05) is 16.5 Å². The second-order valence-corrected chi connectivity index (χ2v) is 8.29. The van der Waals surface area contributed by atoms with Crippen LogP contribution >= 0.6 is 0 Å². The fraction of sp³-hybridized carbons (Fsp3) is 0.375. The van der Waals surface area contributed by atoms with Gasteiger partial charge >= 0.3 is 5.97 Å². The lowest BCUT2D eigenvalue weighted by molar-refractivity contribution is -0.172. The molecule has 1 N–H and O–H groups in total. The smallest absolute Gasteiger partial charge is 0.343 e. The number of rotatable bonds is 3. The standard InChI is InChI=1S/C24H24N2O4/c1-4-6-14-15-9-13(3)7-8-19(15)25-21-16(14)11-26-20(21)10-18-17(22(26)27)12-30-23(28)24(18,29)5-2/h7-10,29H,4-6,11-12H2,1-3H3/t24-/m0/s1. The number of aliphatic hydroxyl groups is 1. The molecule has 1 aromatic carbocycles. The number of cyclic esters (lactones) is 1. The average molecular weight is 404 g/mol. The van der Waals surface area contributed by atoms with Gasteiger partial charge in [-0.2, -0.15) is 0 Å². The molecule has 0 saturated carbocycles. The third-order valence-corrected chi connectivity index (χ3v) is 6.46. The molecule has 0 radical (unpaired) electrons. The predicted molar refractivity (Wildman–Crippen MR) is 113 cm³/mol. The van der Waals surface area contributed by atoms with Gasteiger partial charge in [0.1, 0.15) is 6.61 Å². The molecule has 0 spiro atoms. The maximum atomic E-state index is 13.3. The van der Waals surface area contributed by atoms with Crippen LogP contribution in [0.25, 0.3) is 22.3 Å². The number of nitrogens with zero attached hydrogens (tertiary/aromatic N) is 2. The highest BCUT2D eigenvalue weighted by Crippen LogP contribution is 2.40. The minimum atomic E-state index is -1.80. The summed E-state index contributed by atoms with van der Waals surface area (Å²) in [6.07, 6.45) is 2.02. The minimum absolute atomic E-state index is 0.109. The molecule has 5 rings (SSSR count). The van der Waals surface area contributed by atoms with Gasteiger partial charge in [0.15, 0.2) is 5.60 Å². The van der Waals surface area contributed by atoms with E-state index in [2.05, 4.69) is 19.9 Å². The summed E-state index contributed by atoms with van der Waals surface area (Å²) in [5.74, 6) is -0.700. The zero-order valence-electron chi connectivity index (χ0n) is 17.4. The van der Waals surface area contributed by atoms with Gasteiger partial charge in [-0.25, -0.2) is 9.78 Å². The van der Waals surface area contributed by atoms with E-state index in [-0.39, 0.29) is 18.6 Å². The molecule has 0 fully saturated rings. The molecule has 2 aromatic heterocycles. The average Bonchev–Trinajstić information content (AvgIpc) is 3.10. The molecule has 4 heterocycles. The van der Waals surface area contributed by atoms with Gasteiger partial charge in [-0.3, -0.25) is 4.79 Å². The van der Waals surface area contributed by atoms with E-state index in [1.807, 2.05) is 12.1 Å². The van der Waals surface area contributed by atoms with Crippen molar-refractivity contribution in [3.05, 3.63) is 62.4 Å². The topological polar surface area (TPSA) is 81.4 Å². The van der Waals surface area contributed by atoms with E-state index in [4.69, 9.17) is 9.72 Å². The highest BCUT2D eigenvalue weighted by Gasteiger charge is 2.45. The molecule has 0 bridgehead atoms. The first kappa shape index (κ1) is 19.0. The van der Waals surface area contributed by atoms with E-state index in [1.165, 1.54) is 11.1 Å². The minimum Gasteiger partial charge on any atom is -0.458 e. The molecule has 3 aromatic rings. The summed E-state index contributed by atoms with van der Waals surface area (Å²) in [5, 5.41) is 12.1. The Balaban J connectivity index is 1.83. The van der Waals surface area contributed by atoms with Crippen LogP contribution in [-0.2, 0) is 34.7 Å². The lowest BCUT2D eigenvalue weighted by Gasteiger charge is -2.31. The van der Waals surface area contributed by atoms with Gasteiger partial charge in [0.25, 0.3) is 5.56 Å². The van der Waals surface area contributed by atoms with E-state index in [1.54, 1.807) is 17.6 Å². The third-order valence-electron chi connectivity index (χ3n) is 6.46. The van der Waals surface area contributed by atoms with Crippen molar-refractivity contribution >= 4 is 16.9 Å². The number of carbonyl (C=O) groups is 1. The van der Waals surface area contributed by atoms with Crippen molar-refractivity contribution in [2.75, 3.05) is 0 Å². The van der Waals surface area contributed by atoms with Crippen LogP contribution in [0, 0.1) is 6.92 Å². The SMILES string of the molecule is CCCc1c2c(nc3ccc(C)cc13)-c1cc3c(c(=O)n1C2)COC(=O)[C@]3(O)CC. The summed E-state index contributed by atoms with van der Waals surface area (Å²) in [5.41, 5.74) is 4.47. The number of aromatic nitrogens is 2. The van der Waals surface area contributed by atoms with Crippen molar-refractivity contribution < 1.29 is 14.6 Å². The Labute approximate surface area is 174 Å². The van der Waals surface area contributed by atoms with Gasteiger partial charge in [0.2, 0.25) is 0 Å². The number of aryl methyl sites for hydroxylation is 2. The zero-order valence-corrected chi connectivity index (χ0v) is 17.4. The summed E-state index contributed by atoms with van der Waals surface area (Å²) >= 11 is 0. The monoisotopic (exact) mass is 404 g/mol. The van der Waals surface area contributed by atoms with E-state index in [9.17, 15) is 14.7 Å². The Hall–Kier alpha value is -2.99. The van der Waals surface area contributed by atoms with Crippen LogP contribution in [-0.4, -0.2) is 20.6 Å². The van der Waals surface area contributed by atoms with Crippen LogP contribution in [0.1, 0.15) is 54.5 Å². The molecule has 6 heteroatoms. The van der Waals surface area contributed by atoms with E-state index >= 15 is 0 Å². The van der Waals surface area contributed by atoms with E-state index < -0.39 is 11.6 Å². The molecular formula is C24H24N2O4. The Kier molecular flexibility index (Phi) is 4.12. The van der Waals surface area contributed by atoms with Crippen LogP contribution in [0.2, 0.25) is 0 Å². The van der Waals surface area contributed by atoms with Crippen molar-refractivity contribution in [3.8, 4) is 11.4 Å². The second-order valence-electron chi connectivity index (χ2n) is 8.29. The van der Waals surface area contributed by atoms with Crippen LogP contribution < -0.4 is 5.56 Å². The molecule has 2 aliphatic rings. The summed E-state index contributed by atoms with van der Waals surface area (Å²) in [4.78, 5) is 30.6. The Morgan fingerprint density at radius 1 is 1.20 bits per heavy atom. The molecule has 2 aliphatic heterocycles. The summed E-state index contributed by atoms with van der Waals surface area (Å²) < 4.78 is 6.85. The van der Waals surface area contributed by atoms with Gasteiger partial charge in [-0.1, -0.05) is 31.9 Å². The quantitative estimate of drug-likeness (QED) is 0.530. The first-order chi connectivity index (χ1) is 14.4. The highest BCUT2D eigenvalue weighted by molar-refractivity contribution is 5.89. The van der Waals surface area contributed by atoms with Crippen molar-refractivity contribution in [3.63, 3.8) is 0 Å². The lowest BCUT2D eigenvalue weighted by atomic mass is 9.86. The summed E-state index contributed by atoms with van der Waals surface area (Å²) in [6, 6.07) is 7.99. The summed E-state index contributed by atoms with van der Waals surface area (Å²) in [6.45, 7) is 6.26. The van der Waals surface area contributed by atoms with E-state index in [0.717, 1.165) is 35.0 Å². The number of ether oxygens (including phenoxy) is 1. The molecule has 1 atom stereocenters. The predicted octanol–water partition coefficient (Wildman–Crippen LogP) is 3.34. The first-order valence-corrected chi connectivity index (χ1v) is 10.5. The fourth-order valence-electron chi connectivity index (χ4n) is 4.81. The lowest BCUT2D eigenvalue weighted by Crippen LogP contribution is -2.44. The fourth-order valence-corrected chi connectivity index (χ4v) is 4.81. The largest absolute Gasteiger partial charge is 0.458 e. The van der Waals surface area contributed by atoms with Crippen molar-refractivity contribution in [2.45, 2.75) is 58.8 Å². The maximum absolute atomic E-state index is 13.3. The Morgan fingerprint density at radius 3 is 2.73 bits per heavy atom. The van der Waals surface area contributed by atoms with Crippen molar-refractivity contribution in [1.82, 2.24) is 9.55 Å². The maximum Gasteiger partial charge on any atom is 0.343 e. The molecule has 6 nitrogen and oxygen atoms in total. The van der Waals surface area contributed by atoms with Crippen LogP contribution in [0.4, 0.5) is 0 Å². The number of fused-ring (bicyclic) bond motifs is 5. The van der Waals surface area contributed by atoms with Crippen LogP contribution in [0.5, 0.6) is 0 Å². The van der Waals surface area contributed by atoms with Crippen molar-refractivity contribution in [1.29, 1.82) is 0 Å². The van der Waals surface area contributed by atoms with Gasteiger partial charge in [-0.05, 0) is 43.5 Å².